The summed E-state index contributed by atoms with van der Waals surface area (Å²) in [6.45, 7) is 7.37. The van der Waals surface area contributed by atoms with E-state index >= 15 is 0 Å². The van der Waals surface area contributed by atoms with E-state index in [2.05, 4.69) is 6.92 Å². The number of benzene rings is 1. The van der Waals surface area contributed by atoms with Gasteiger partial charge in [0.15, 0.2) is 12.1 Å². The maximum Gasteiger partial charge on any atom is 0.338 e. The van der Waals surface area contributed by atoms with Crippen LogP contribution in [0, 0.1) is 5.92 Å². The van der Waals surface area contributed by atoms with Crippen molar-refractivity contribution in [1.29, 1.82) is 0 Å². The van der Waals surface area contributed by atoms with Crippen LogP contribution >= 0.6 is 0 Å². The topological polar surface area (TPSA) is 63.2 Å². The summed E-state index contributed by atoms with van der Waals surface area (Å²) in [7, 11) is 0. The molecule has 2 heterocycles. The Hall–Kier alpha value is -1.47. The molecule has 1 aromatic carbocycles. The summed E-state index contributed by atoms with van der Waals surface area (Å²) in [5.41, 5.74) is 0.530. The Bertz CT molecular complexity index is 587. The third-order valence-electron chi connectivity index (χ3n) is 4.63. The average Bonchev–Trinajstić information content (AvgIpc) is 3.09. The van der Waals surface area contributed by atoms with E-state index in [9.17, 15) is 4.79 Å². The molecule has 0 bridgehead atoms. The zero-order valence-corrected chi connectivity index (χ0v) is 15.7. The third-order valence-corrected chi connectivity index (χ3v) is 4.63. The molecule has 6 nitrogen and oxygen atoms in total. The lowest BCUT2D eigenvalue weighted by Gasteiger charge is -2.25. The molecule has 0 amide bonds. The fraction of sp³-hybridized carbons (Fsp3) is 0.650. The van der Waals surface area contributed by atoms with E-state index in [1.165, 1.54) is 0 Å². The number of ether oxygens (including phenoxy) is 5. The molecule has 144 valence electrons. The van der Waals surface area contributed by atoms with E-state index in [1.807, 2.05) is 32.0 Å². The maximum absolute atomic E-state index is 12.2. The van der Waals surface area contributed by atoms with Gasteiger partial charge in [-0.1, -0.05) is 25.1 Å². The minimum Gasteiger partial charge on any atom is -0.459 e. The zero-order chi connectivity index (χ0) is 18.6. The number of rotatable bonds is 8. The molecular weight excluding hydrogens is 336 g/mol. The molecule has 2 aliphatic rings. The highest BCUT2D eigenvalue weighted by Crippen LogP contribution is 2.42. The molecule has 2 fully saturated rings. The molecule has 4 atom stereocenters. The zero-order valence-electron chi connectivity index (χ0n) is 15.7. The monoisotopic (exact) mass is 364 g/mol. The number of carbonyl (C=O) groups is 1. The number of carbonyl (C=O) groups excluding carboxylic acids is 1. The minimum atomic E-state index is -0.663. The highest BCUT2D eigenvalue weighted by atomic mass is 16.8. The molecule has 0 aliphatic carbocycles. The van der Waals surface area contributed by atoms with E-state index in [0.29, 0.717) is 12.2 Å². The predicted octanol–water partition coefficient (Wildman–Crippen LogP) is 3.15. The van der Waals surface area contributed by atoms with Crippen LogP contribution in [-0.4, -0.2) is 50.1 Å². The van der Waals surface area contributed by atoms with Gasteiger partial charge < -0.3 is 23.7 Å². The van der Waals surface area contributed by atoms with Gasteiger partial charge in [0.2, 0.25) is 0 Å². The number of esters is 1. The highest BCUT2D eigenvalue weighted by Gasteiger charge is 2.54. The van der Waals surface area contributed by atoms with Crippen LogP contribution in [0.15, 0.2) is 30.3 Å². The van der Waals surface area contributed by atoms with Crippen LogP contribution in [0.4, 0.5) is 0 Å². The Morgan fingerprint density at radius 3 is 2.65 bits per heavy atom. The van der Waals surface area contributed by atoms with E-state index in [4.69, 9.17) is 23.7 Å². The largest absolute Gasteiger partial charge is 0.459 e. The summed E-state index contributed by atoms with van der Waals surface area (Å²) in [4.78, 5) is 12.2. The van der Waals surface area contributed by atoms with Crippen molar-refractivity contribution >= 4 is 5.97 Å². The molecule has 0 N–H and O–H groups in total. The van der Waals surface area contributed by atoms with Crippen molar-refractivity contribution in [1.82, 2.24) is 0 Å². The van der Waals surface area contributed by atoms with Crippen molar-refractivity contribution in [2.24, 2.45) is 5.92 Å². The quantitative estimate of drug-likeness (QED) is 0.522. The second-order valence-electron chi connectivity index (χ2n) is 7.17. The number of hydrogen-bond donors (Lipinski definition) is 0. The van der Waals surface area contributed by atoms with Gasteiger partial charge in [0.05, 0.1) is 5.56 Å². The first-order valence-electron chi connectivity index (χ1n) is 9.31. The fourth-order valence-corrected chi connectivity index (χ4v) is 3.43. The number of fused-ring (bicyclic) bond motifs is 1. The predicted molar refractivity (Wildman–Crippen MR) is 94.6 cm³/mol. The van der Waals surface area contributed by atoms with E-state index in [0.717, 1.165) is 19.4 Å². The molecule has 26 heavy (non-hydrogen) atoms. The Morgan fingerprint density at radius 2 is 1.92 bits per heavy atom. The molecule has 3 rings (SSSR count). The van der Waals surface area contributed by atoms with Crippen LogP contribution in [0.25, 0.3) is 0 Å². The first-order chi connectivity index (χ1) is 12.5. The molecule has 2 aliphatic heterocycles. The summed E-state index contributed by atoms with van der Waals surface area (Å²) < 4.78 is 28.9. The summed E-state index contributed by atoms with van der Waals surface area (Å²) in [5.74, 6) is -0.958. The second kappa shape index (κ2) is 8.48. The van der Waals surface area contributed by atoms with Crippen LogP contribution < -0.4 is 0 Å². The average molecular weight is 364 g/mol. The second-order valence-corrected chi connectivity index (χ2v) is 7.17. The summed E-state index contributed by atoms with van der Waals surface area (Å²) in [6, 6.07) is 8.95. The van der Waals surface area contributed by atoms with Gasteiger partial charge in [-0.3, -0.25) is 0 Å². The molecule has 6 heteroatoms. The lowest BCUT2D eigenvalue weighted by Crippen LogP contribution is -2.34. The van der Waals surface area contributed by atoms with Crippen LogP contribution in [0.5, 0.6) is 0 Å². The molecule has 0 unspecified atom stereocenters. The van der Waals surface area contributed by atoms with Gasteiger partial charge in [0.25, 0.3) is 0 Å². The SMILES string of the molecule is CCCOCC[C@H]1[C@H]2OC(C)(C)O[C@H]2O[C@@H]1COC(=O)c1ccccc1. The van der Waals surface area contributed by atoms with E-state index in [-0.39, 0.29) is 30.7 Å². The van der Waals surface area contributed by atoms with Gasteiger partial charge in [-0.2, -0.15) is 0 Å². The van der Waals surface area contributed by atoms with Crippen molar-refractivity contribution in [3.05, 3.63) is 35.9 Å². The van der Waals surface area contributed by atoms with Crippen molar-refractivity contribution in [2.75, 3.05) is 19.8 Å². The molecule has 0 radical (unpaired) electrons. The minimum absolute atomic E-state index is 0.0576. The van der Waals surface area contributed by atoms with Crippen LogP contribution in [0.3, 0.4) is 0 Å². The smallest absolute Gasteiger partial charge is 0.338 e. The standard InChI is InChI=1S/C20H28O6/c1-4-11-22-12-10-15-16(24-19-17(15)25-20(2,3)26-19)13-23-18(21)14-8-6-5-7-9-14/h5-9,15-17,19H,4,10-13H2,1-3H3/t15-,16-,17-,19-/m1/s1. The molecule has 0 saturated carbocycles. The lowest BCUT2D eigenvalue weighted by molar-refractivity contribution is -0.214. The Kier molecular flexibility index (Phi) is 6.29. The van der Waals surface area contributed by atoms with Crippen molar-refractivity contribution in [3.63, 3.8) is 0 Å². The summed E-state index contributed by atoms with van der Waals surface area (Å²) in [5, 5.41) is 0. The highest BCUT2D eigenvalue weighted by molar-refractivity contribution is 5.89. The molecule has 0 spiro atoms. The van der Waals surface area contributed by atoms with Gasteiger partial charge in [0, 0.05) is 19.1 Å². The molecule has 0 aromatic heterocycles. The van der Waals surface area contributed by atoms with Gasteiger partial charge in [0.1, 0.15) is 18.8 Å². The molecule has 2 saturated heterocycles. The van der Waals surface area contributed by atoms with Crippen molar-refractivity contribution in [2.45, 2.75) is 57.9 Å². The Morgan fingerprint density at radius 1 is 1.15 bits per heavy atom. The van der Waals surface area contributed by atoms with Gasteiger partial charge >= 0.3 is 5.97 Å². The van der Waals surface area contributed by atoms with Gasteiger partial charge in [-0.05, 0) is 38.8 Å². The van der Waals surface area contributed by atoms with Crippen molar-refractivity contribution < 1.29 is 28.5 Å². The van der Waals surface area contributed by atoms with Gasteiger partial charge in [-0.15, -0.1) is 0 Å². The molecular formula is C20H28O6. The lowest BCUT2D eigenvalue weighted by atomic mass is 9.95. The normalized spacial score (nSPS) is 29.5. The Balaban J connectivity index is 1.58. The first kappa shape index (κ1) is 19.3. The molecule has 1 aromatic rings. The van der Waals surface area contributed by atoms with Gasteiger partial charge in [-0.25, -0.2) is 4.79 Å². The van der Waals surface area contributed by atoms with Crippen LogP contribution in [-0.2, 0) is 23.7 Å². The third kappa shape index (κ3) is 4.62. The van der Waals surface area contributed by atoms with Crippen molar-refractivity contribution in [3.8, 4) is 0 Å². The summed E-state index contributed by atoms with van der Waals surface area (Å²) >= 11 is 0. The van der Waals surface area contributed by atoms with Crippen LogP contribution in [0.1, 0.15) is 44.0 Å². The fourth-order valence-electron chi connectivity index (χ4n) is 3.43. The first-order valence-corrected chi connectivity index (χ1v) is 9.31. The summed E-state index contributed by atoms with van der Waals surface area (Å²) in [6.07, 6.45) is 0.892. The Labute approximate surface area is 154 Å². The van der Waals surface area contributed by atoms with E-state index in [1.54, 1.807) is 12.1 Å². The van der Waals surface area contributed by atoms with Crippen LogP contribution in [0.2, 0.25) is 0 Å². The van der Waals surface area contributed by atoms with E-state index < -0.39 is 12.1 Å². The maximum atomic E-state index is 12.2. The number of hydrogen-bond acceptors (Lipinski definition) is 6.